The zero-order valence-corrected chi connectivity index (χ0v) is 10.0. The van der Waals surface area contributed by atoms with Crippen LogP contribution in [0.2, 0.25) is 0 Å². The second kappa shape index (κ2) is 5.53. The van der Waals surface area contributed by atoms with Gasteiger partial charge >= 0.3 is 5.97 Å². The molecule has 0 amide bonds. The van der Waals surface area contributed by atoms with Crippen molar-refractivity contribution in [2.24, 2.45) is 0 Å². The summed E-state index contributed by atoms with van der Waals surface area (Å²) in [7, 11) is 0. The van der Waals surface area contributed by atoms with Crippen LogP contribution in [0.1, 0.15) is 22.8 Å². The minimum Gasteiger partial charge on any atom is -0.462 e. The predicted molar refractivity (Wildman–Crippen MR) is 61.2 cm³/mol. The number of esters is 1. The maximum absolute atomic E-state index is 13.4. The van der Waals surface area contributed by atoms with Gasteiger partial charge in [0.05, 0.1) is 12.2 Å². The third-order valence-corrected chi connectivity index (χ3v) is 2.29. The minimum absolute atomic E-state index is 0.0794. The lowest BCUT2D eigenvalue weighted by Crippen LogP contribution is -2.16. The molecule has 0 N–H and O–H groups in total. The standard InChI is InChI=1S/C13H12F2O3/c1-4-18-13(17)8(3)12(16)9-5-7(2)10(14)6-11(9)15/h5-6H,3-4H2,1-2H3. The molecule has 3 nitrogen and oxygen atoms in total. The van der Waals surface area contributed by atoms with Crippen molar-refractivity contribution < 1.29 is 23.1 Å². The summed E-state index contributed by atoms with van der Waals surface area (Å²) >= 11 is 0. The number of aryl methyl sites for hydroxylation is 1. The minimum atomic E-state index is -1.03. The van der Waals surface area contributed by atoms with Crippen molar-refractivity contribution in [3.8, 4) is 0 Å². The zero-order chi connectivity index (χ0) is 13.9. The average molecular weight is 254 g/mol. The molecule has 0 aliphatic rings. The average Bonchev–Trinajstić information content (AvgIpc) is 2.32. The van der Waals surface area contributed by atoms with E-state index in [2.05, 4.69) is 11.3 Å². The van der Waals surface area contributed by atoms with Gasteiger partial charge in [-0.15, -0.1) is 0 Å². The Kier molecular flexibility index (Phi) is 4.31. The monoisotopic (exact) mass is 254 g/mol. The van der Waals surface area contributed by atoms with E-state index >= 15 is 0 Å². The van der Waals surface area contributed by atoms with E-state index in [0.29, 0.717) is 6.07 Å². The highest BCUT2D eigenvalue weighted by atomic mass is 19.1. The Morgan fingerprint density at radius 3 is 2.44 bits per heavy atom. The van der Waals surface area contributed by atoms with Crippen LogP contribution in [-0.4, -0.2) is 18.4 Å². The van der Waals surface area contributed by atoms with Crippen LogP contribution >= 0.6 is 0 Å². The van der Waals surface area contributed by atoms with Crippen LogP contribution in [0.5, 0.6) is 0 Å². The number of hydrogen-bond acceptors (Lipinski definition) is 3. The van der Waals surface area contributed by atoms with E-state index in [4.69, 9.17) is 0 Å². The second-order valence-electron chi connectivity index (χ2n) is 3.61. The molecule has 96 valence electrons. The van der Waals surface area contributed by atoms with Gasteiger partial charge in [0, 0.05) is 6.07 Å². The molecule has 0 fully saturated rings. The number of hydrogen-bond donors (Lipinski definition) is 0. The van der Waals surface area contributed by atoms with Gasteiger partial charge in [-0.2, -0.15) is 0 Å². The number of benzene rings is 1. The fraction of sp³-hybridized carbons (Fsp3) is 0.231. The van der Waals surface area contributed by atoms with Gasteiger partial charge in [-0.1, -0.05) is 6.58 Å². The van der Waals surface area contributed by atoms with E-state index in [1.807, 2.05) is 0 Å². The third kappa shape index (κ3) is 2.80. The Hall–Kier alpha value is -2.04. The highest BCUT2D eigenvalue weighted by Gasteiger charge is 2.22. The molecule has 0 aliphatic heterocycles. The summed E-state index contributed by atoms with van der Waals surface area (Å²) in [4.78, 5) is 23.1. The molecule has 1 rings (SSSR count). The molecular weight excluding hydrogens is 242 g/mol. The summed E-state index contributed by atoms with van der Waals surface area (Å²) in [5, 5.41) is 0. The normalized spacial score (nSPS) is 10.0. The summed E-state index contributed by atoms with van der Waals surface area (Å²) < 4.78 is 31.1. The number of carbonyl (C=O) groups excluding carboxylic acids is 2. The molecule has 18 heavy (non-hydrogen) atoms. The van der Waals surface area contributed by atoms with Gasteiger partial charge in [-0.25, -0.2) is 13.6 Å². The lowest BCUT2D eigenvalue weighted by Gasteiger charge is -2.07. The van der Waals surface area contributed by atoms with Crippen LogP contribution in [0, 0.1) is 18.6 Å². The summed E-state index contributed by atoms with van der Waals surface area (Å²) in [6.07, 6.45) is 0. The molecule has 0 saturated heterocycles. The SMILES string of the molecule is C=C(C(=O)OCC)C(=O)c1cc(C)c(F)cc1F. The number of halogens is 2. The molecule has 0 unspecified atom stereocenters. The van der Waals surface area contributed by atoms with E-state index in [9.17, 15) is 18.4 Å². The predicted octanol–water partition coefficient (Wildman–Crippen LogP) is 2.58. The molecule has 0 bridgehead atoms. The smallest absolute Gasteiger partial charge is 0.341 e. The highest BCUT2D eigenvalue weighted by Crippen LogP contribution is 2.17. The lowest BCUT2D eigenvalue weighted by atomic mass is 10.0. The topological polar surface area (TPSA) is 43.4 Å². The van der Waals surface area contributed by atoms with Crippen LogP contribution in [-0.2, 0) is 9.53 Å². The van der Waals surface area contributed by atoms with Crippen molar-refractivity contribution in [2.75, 3.05) is 6.61 Å². The molecule has 0 spiro atoms. The lowest BCUT2D eigenvalue weighted by molar-refractivity contribution is -0.138. The van der Waals surface area contributed by atoms with Gasteiger partial charge in [0.2, 0.25) is 5.78 Å². The first-order valence-corrected chi connectivity index (χ1v) is 5.24. The van der Waals surface area contributed by atoms with Crippen LogP contribution in [0.15, 0.2) is 24.3 Å². The van der Waals surface area contributed by atoms with E-state index in [1.165, 1.54) is 6.92 Å². The van der Waals surface area contributed by atoms with Gasteiger partial charge in [-0.3, -0.25) is 4.79 Å². The first-order chi connectivity index (χ1) is 8.38. The van der Waals surface area contributed by atoms with Crippen molar-refractivity contribution in [3.05, 3.63) is 47.0 Å². The summed E-state index contributed by atoms with van der Waals surface area (Å²) in [6, 6.07) is 1.64. The van der Waals surface area contributed by atoms with E-state index in [0.717, 1.165) is 6.07 Å². The van der Waals surface area contributed by atoms with Gasteiger partial charge in [0.15, 0.2) is 0 Å². The molecule has 5 heteroatoms. The molecule has 0 heterocycles. The molecule has 0 saturated carbocycles. The Balaban J connectivity index is 3.08. The van der Waals surface area contributed by atoms with Crippen molar-refractivity contribution in [1.29, 1.82) is 0 Å². The van der Waals surface area contributed by atoms with Crippen molar-refractivity contribution >= 4 is 11.8 Å². The largest absolute Gasteiger partial charge is 0.462 e. The van der Waals surface area contributed by atoms with Gasteiger partial charge in [0.25, 0.3) is 0 Å². The number of ether oxygens (including phenoxy) is 1. The maximum atomic E-state index is 13.4. The van der Waals surface area contributed by atoms with Gasteiger partial charge in [-0.05, 0) is 25.5 Å². The van der Waals surface area contributed by atoms with Crippen molar-refractivity contribution in [2.45, 2.75) is 13.8 Å². The van der Waals surface area contributed by atoms with Crippen LogP contribution in [0.25, 0.3) is 0 Å². The number of rotatable bonds is 4. The Morgan fingerprint density at radius 2 is 1.89 bits per heavy atom. The van der Waals surface area contributed by atoms with Gasteiger partial charge in [0.1, 0.15) is 17.2 Å². The van der Waals surface area contributed by atoms with Crippen LogP contribution < -0.4 is 0 Å². The zero-order valence-electron chi connectivity index (χ0n) is 10.0. The molecule has 0 atom stereocenters. The summed E-state index contributed by atoms with van der Waals surface area (Å²) in [5.74, 6) is -3.61. The Morgan fingerprint density at radius 1 is 1.28 bits per heavy atom. The second-order valence-corrected chi connectivity index (χ2v) is 3.61. The highest BCUT2D eigenvalue weighted by molar-refractivity contribution is 6.23. The quantitative estimate of drug-likeness (QED) is 0.273. The van der Waals surface area contributed by atoms with Crippen molar-refractivity contribution in [1.82, 2.24) is 0 Å². The molecule has 1 aromatic rings. The van der Waals surface area contributed by atoms with Crippen molar-refractivity contribution in [3.63, 3.8) is 0 Å². The summed E-state index contributed by atoms with van der Waals surface area (Å²) in [6.45, 7) is 6.29. The van der Waals surface area contributed by atoms with E-state index < -0.39 is 34.5 Å². The molecule has 0 aliphatic carbocycles. The number of carbonyl (C=O) groups is 2. The molecule has 0 radical (unpaired) electrons. The first-order valence-electron chi connectivity index (χ1n) is 5.24. The van der Waals surface area contributed by atoms with Crippen LogP contribution in [0.3, 0.4) is 0 Å². The molecule has 0 aromatic heterocycles. The number of Topliss-reactive ketones (excluding diaryl/α,β-unsaturated/α-hetero) is 1. The Bertz CT molecular complexity index is 521. The molecule has 1 aromatic carbocycles. The summed E-state index contributed by atoms with van der Waals surface area (Å²) in [5.41, 5.74) is -0.773. The van der Waals surface area contributed by atoms with Crippen LogP contribution in [0.4, 0.5) is 8.78 Å². The number of ketones is 1. The third-order valence-electron chi connectivity index (χ3n) is 2.29. The van der Waals surface area contributed by atoms with E-state index in [-0.39, 0.29) is 12.2 Å². The first kappa shape index (κ1) is 14.0. The maximum Gasteiger partial charge on any atom is 0.341 e. The Labute approximate surface area is 103 Å². The fourth-order valence-corrected chi connectivity index (χ4v) is 1.30. The van der Waals surface area contributed by atoms with Gasteiger partial charge < -0.3 is 4.74 Å². The van der Waals surface area contributed by atoms with E-state index in [1.54, 1.807) is 6.92 Å². The molecular formula is C13H12F2O3. The fourth-order valence-electron chi connectivity index (χ4n) is 1.30.